The number of carbonyl (C=O) groups is 1. The van der Waals surface area contributed by atoms with Crippen LogP contribution >= 0.6 is 11.3 Å². The predicted octanol–water partition coefficient (Wildman–Crippen LogP) is 3.79. The van der Waals surface area contributed by atoms with Crippen molar-refractivity contribution in [2.24, 2.45) is 23.0 Å². The van der Waals surface area contributed by atoms with Gasteiger partial charge in [-0.3, -0.25) is 4.79 Å². The van der Waals surface area contributed by atoms with E-state index in [4.69, 9.17) is 10.7 Å². The molecule has 112 valence electrons. The van der Waals surface area contributed by atoms with Crippen LogP contribution in [0.2, 0.25) is 0 Å². The van der Waals surface area contributed by atoms with Crippen molar-refractivity contribution in [2.75, 3.05) is 0 Å². The maximum absolute atomic E-state index is 11.3. The molecule has 1 amide bonds. The zero-order chi connectivity index (χ0) is 15.4. The fourth-order valence-electron chi connectivity index (χ4n) is 3.57. The molecule has 2 aromatic heterocycles. The third kappa shape index (κ3) is 2.57. The predicted molar refractivity (Wildman–Crippen MR) is 87.7 cm³/mol. The SMILES string of the molecule is CC1Cc2nc3sc(C(N)=O)cc3cc2CC1C(C)(C)C. The number of nitrogens with two attached hydrogens (primary N) is 1. The molecular weight excluding hydrogens is 280 g/mol. The van der Waals surface area contributed by atoms with Crippen LogP contribution in [0.3, 0.4) is 0 Å². The summed E-state index contributed by atoms with van der Waals surface area (Å²) in [5.41, 5.74) is 8.22. The largest absolute Gasteiger partial charge is 0.365 e. The number of nitrogens with zero attached hydrogens (tertiary/aromatic N) is 1. The van der Waals surface area contributed by atoms with Crippen LogP contribution in [0.15, 0.2) is 12.1 Å². The van der Waals surface area contributed by atoms with E-state index in [-0.39, 0.29) is 5.91 Å². The minimum atomic E-state index is -0.364. The third-order valence-corrected chi connectivity index (χ3v) is 5.73. The van der Waals surface area contributed by atoms with Crippen molar-refractivity contribution in [1.82, 2.24) is 4.98 Å². The number of thiophene rings is 1. The fourth-order valence-corrected chi connectivity index (χ4v) is 4.46. The molecule has 3 nitrogen and oxygen atoms in total. The topological polar surface area (TPSA) is 56.0 Å². The Morgan fingerprint density at radius 2 is 2.05 bits per heavy atom. The van der Waals surface area contributed by atoms with Gasteiger partial charge in [0, 0.05) is 11.1 Å². The van der Waals surface area contributed by atoms with Gasteiger partial charge in [0.2, 0.25) is 0 Å². The highest BCUT2D eigenvalue weighted by Gasteiger charge is 2.34. The molecule has 0 radical (unpaired) electrons. The van der Waals surface area contributed by atoms with Gasteiger partial charge < -0.3 is 5.73 Å². The molecule has 21 heavy (non-hydrogen) atoms. The molecule has 2 aromatic rings. The average Bonchev–Trinajstić information content (AvgIpc) is 2.77. The average molecular weight is 302 g/mol. The van der Waals surface area contributed by atoms with E-state index in [0.29, 0.717) is 22.1 Å². The normalized spacial score (nSPS) is 22.3. The number of rotatable bonds is 1. The zero-order valence-electron chi connectivity index (χ0n) is 13.1. The Balaban J connectivity index is 2.06. The van der Waals surface area contributed by atoms with Crippen LogP contribution in [0.1, 0.15) is 48.6 Å². The number of pyridine rings is 1. The van der Waals surface area contributed by atoms with Crippen molar-refractivity contribution in [1.29, 1.82) is 0 Å². The van der Waals surface area contributed by atoms with E-state index in [1.807, 2.05) is 6.07 Å². The molecule has 0 saturated heterocycles. The lowest BCUT2D eigenvalue weighted by molar-refractivity contribution is 0.100. The van der Waals surface area contributed by atoms with Crippen molar-refractivity contribution < 1.29 is 4.79 Å². The van der Waals surface area contributed by atoms with E-state index in [9.17, 15) is 4.79 Å². The Kier molecular flexibility index (Phi) is 3.32. The summed E-state index contributed by atoms with van der Waals surface area (Å²) in [6.45, 7) is 9.29. The highest BCUT2D eigenvalue weighted by molar-refractivity contribution is 7.20. The van der Waals surface area contributed by atoms with Crippen molar-refractivity contribution >= 4 is 27.5 Å². The van der Waals surface area contributed by atoms with Gasteiger partial charge in [0.05, 0.1) is 4.88 Å². The summed E-state index contributed by atoms with van der Waals surface area (Å²) in [7, 11) is 0. The van der Waals surface area contributed by atoms with Gasteiger partial charge in [-0.1, -0.05) is 27.7 Å². The molecule has 2 N–H and O–H groups in total. The van der Waals surface area contributed by atoms with Crippen molar-refractivity contribution in [2.45, 2.75) is 40.5 Å². The molecule has 4 heteroatoms. The molecular formula is C17H22N2OS. The quantitative estimate of drug-likeness (QED) is 0.871. The minimum Gasteiger partial charge on any atom is -0.365 e. The van der Waals surface area contributed by atoms with E-state index < -0.39 is 0 Å². The second-order valence-corrected chi connectivity index (χ2v) is 8.35. The molecule has 2 unspecified atom stereocenters. The van der Waals surface area contributed by atoms with Gasteiger partial charge in [0.15, 0.2) is 0 Å². The van der Waals surface area contributed by atoms with E-state index in [1.165, 1.54) is 22.6 Å². The number of carbonyl (C=O) groups excluding carboxylic acids is 1. The Morgan fingerprint density at radius 3 is 2.67 bits per heavy atom. The lowest BCUT2D eigenvalue weighted by atomic mass is 9.66. The number of hydrogen-bond donors (Lipinski definition) is 1. The smallest absolute Gasteiger partial charge is 0.258 e. The first-order valence-electron chi connectivity index (χ1n) is 7.48. The van der Waals surface area contributed by atoms with Gasteiger partial charge >= 0.3 is 0 Å². The van der Waals surface area contributed by atoms with Crippen LogP contribution < -0.4 is 5.73 Å². The van der Waals surface area contributed by atoms with Crippen LogP contribution in [0, 0.1) is 17.3 Å². The van der Waals surface area contributed by atoms with Crippen LogP contribution in [0.5, 0.6) is 0 Å². The first kappa shape index (κ1) is 14.5. The summed E-state index contributed by atoms with van der Waals surface area (Å²) in [6.07, 6.45) is 2.10. The monoisotopic (exact) mass is 302 g/mol. The maximum atomic E-state index is 11.3. The zero-order valence-corrected chi connectivity index (χ0v) is 13.9. The fraction of sp³-hybridized carbons (Fsp3) is 0.529. The van der Waals surface area contributed by atoms with E-state index in [0.717, 1.165) is 23.1 Å². The number of fused-ring (bicyclic) bond motifs is 2. The maximum Gasteiger partial charge on any atom is 0.258 e. The minimum absolute atomic E-state index is 0.305. The van der Waals surface area contributed by atoms with Crippen LogP contribution in [0.25, 0.3) is 10.2 Å². The van der Waals surface area contributed by atoms with Crippen molar-refractivity contribution in [3.63, 3.8) is 0 Å². The third-order valence-electron chi connectivity index (χ3n) is 4.67. The summed E-state index contributed by atoms with van der Waals surface area (Å²) >= 11 is 1.40. The number of amides is 1. The van der Waals surface area contributed by atoms with Crippen LogP contribution in [-0.4, -0.2) is 10.9 Å². The van der Waals surface area contributed by atoms with Crippen LogP contribution in [0.4, 0.5) is 0 Å². The lowest BCUT2D eigenvalue weighted by Crippen LogP contribution is -2.33. The molecule has 0 aromatic carbocycles. The molecule has 2 heterocycles. The first-order valence-corrected chi connectivity index (χ1v) is 8.29. The van der Waals surface area contributed by atoms with E-state index in [1.54, 1.807) is 0 Å². The molecule has 2 atom stereocenters. The Hall–Kier alpha value is -1.42. The molecule has 0 saturated carbocycles. The lowest BCUT2D eigenvalue weighted by Gasteiger charge is -2.39. The summed E-state index contributed by atoms with van der Waals surface area (Å²) in [6, 6.07) is 4.09. The number of hydrogen-bond acceptors (Lipinski definition) is 3. The first-order chi connectivity index (χ1) is 9.75. The van der Waals surface area contributed by atoms with Crippen molar-refractivity contribution in [3.8, 4) is 0 Å². The molecule has 0 aliphatic heterocycles. The van der Waals surface area contributed by atoms with Gasteiger partial charge in [0.1, 0.15) is 4.83 Å². The van der Waals surface area contributed by atoms with E-state index in [2.05, 4.69) is 33.8 Å². The second-order valence-electron chi connectivity index (χ2n) is 7.32. The summed E-state index contributed by atoms with van der Waals surface area (Å²) < 4.78 is 0. The Morgan fingerprint density at radius 1 is 1.33 bits per heavy atom. The molecule has 3 rings (SSSR count). The summed E-state index contributed by atoms with van der Waals surface area (Å²) in [5.74, 6) is 0.938. The Labute approximate surface area is 129 Å². The van der Waals surface area contributed by atoms with Crippen LogP contribution in [-0.2, 0) is 12.8 Å². The van der Waals surface area contributed by atoms with Gasteiger partial charge in [-0.05, 0) is 47.8 Å². The molecule has 1 aliphatic carbocycles. The standard InChI is InChI=1S/C17H22N2OS/c1-9-5-13-10(7-12(9)17(2,3)4)6-11-8-14(15(18)20)21-16(11)19-13/h6,8-9,12H,5,7H2,1-4H3,(H2,18,20). The highest BCUT2D eigenvalue weighted by Crippen LogP contribution is 2.41. The van der Waals surface area contributed by atoms with Gasteiger partial charge in [-0.2, -0.15) is 0 Å². The molecule has 0 fully saturated rings. The van der Waals surface area contributed by atoms with Gasteiger partial charge in [-0.15, -0.1) is 11.3 Å². The second kappa shape index (κ2) is 4.80. The summed E-state index contributed by atoms with van der Waals surface area (Å²) in [4.78, 5) is 17.7. The molecule has 0 bridgehead atoms. The van der Waals surface area contributed by atoms with Crippen molar-refractivity contribution in [3.05, 3.63) is 28.3 Å². The van der Waals surface area contributed by atoms with Gasteiger partial charge in [0.25, 0.3) is 5.91 Å². The number of primary amides is 1. The number of aromatic nitrogens is 1. The van der Waals surface area contributed by atoms with E-state index >= 15 is 0 Å². The molecule has 0 spiro atoms. The molecule has 1 aliphatic rings. The highest BCUT2D eigenvalue weighted by atomic mass is 32.1. The summed E-state index contributed by atoms with van der Waals surface area (Å²) in [5, 5.41) is 1.05. The Bertz CT molecular complexity index is 711. The van der Waals surface area contributed by atoms with Gasteiger partial charge in [-0.25, -0.2) is 4.98 Å².